The zero-order valence-corrected chi connectivity index (χ0v) is 18.5. The van der Waals surface area contributed by atoms with Crippen LogP contribution in [0.1, 0.15) is 27.8 Å². The second-order valence-electron chi connectivity index (χ2n) is 7.52. The predicted molar refractivity (Wildman–Crippen MR) is 117 cm³/mol. The molecule has 0 saturated carbocycles. The van der Waals surface area contributed by atoms with Gasteiger partial charge in [-0.2, -0.15) is 26.3 Å². The number of alkyl halides is 6. The first-order valence-electron chi connectivity index (χ1n) is 10.0. The van der Waals surface area contributed by atoms with Crippen molar-refractivity contribution >= 4 is 11.9 Å². The van der Waals surface area contributed by atoms with E-state index < -0.39 is 23.5 Å². The Balaban J connectivity index is 1.56. The molecule has 0 aliphatic rings. The SMILES string of the molecule is CN(Cc1ccccc1)Sc1ccc(CNCc2cc(C(F)(F)F)cc(C(F)(F)F)c2)cc1. The van der Waals surface area contributed by atoms with Gasteiger partial charge in [-0.15, -0.1) is 0 Å². The summed E-state index contributed by atoms with van der Waals surface area (Å²) in [7, 11) is 1.98. The Morgan fingerprint density at radius 3 is 1.79 bits per heavy atom. The highest BCUT2D eigenvalue weighted by Gasteiger charge is 2.36. The molecule has 0 unspecified atom stereocenters. The molecule has 0 spiro atoms. The van der Waals surface area contributed by atoms with Crippen LogP contribution in [0.15, 0.2) is 77.7 Å². The average Bonchev–Trinajstić information content (AvgIpc) is 2.74. The van der Waals surface area contributed by atoms with Crippen molar-refractivity contribution in [1.82, 2.24) is 9.62 Å². The maximum Gasteiger partial charge on any atom is 0.416 e. The molecule has 33 heavy (non-hydrogen) atoms. The van der Waals surface area contributed by atoms with E-state index in [1.807, 2.05) is 61.6 Å². The lowest BCUT2D eigenvalue weighted by Crippen LogP contribution is -2.16. The lowest BCUT2D eigenvalue weighted by atomic mass is 10.0. The molecule has 0 radical (unpaired) electrons. The van der Waals surface area contributed by atoms with Crippen molar-refractivity contribution in [2.45, 2.75) is 36.9 Å². The Kier molecular flexibility index (Phi) is 8.10. The van der Waals surface area contributed by atoms with Crippen LogP contribution < -0.4 is 5.32 Å². The monoisotopic (exact) mass is 484 g/mol. The van der Waals surface area contributed by atoms with Crippen molar-refractivity contribution in [2.24, 2.45) is 0 Å². The molecule has 0 aromatic heterocycles. The van der Waals surface area contributed by atoms with E-state index >= 15 is 0 Å². The summed E-state index contributed by atoms with van der Waals surface area (Å²) in [5.74, 6) is 0. The number of rotatable bonds is 8. The zero-order valence-electron chi connectivity index (χ0n) is 17.7. The quantitative estimate of drug-likeness (QED) is 0.270. The third kappa shape index (κ3) is 7.80. The zero-order chi connectivity index (χ0) is 24.1. The van der Waals surface area contributed by atoms with E-state index in [1.54, 1.807) is 11.9 Å². The van der Waals surface area contributed by atoms with E-state index in [9.17, 15) is 26.3 Å². The fraction of sp³-hybridized carbons (Fsp3) is 0.250. The first kappa shape index (κ1) is 25.1. The van der Waals surface area contributed by atoms with Gasteiger partial charge in [-0.1, -0.05) is 42.5 Å². The summed E-state index contributed by atoms with van der Waals surface area (Å²) in [6, 6.07) is 19.2. The molecule has 0 aliphatic heterocycles. The Labute approximate surface area is 192 Å². The van der Waals surface area contributed by atoms with Crippen LogP contribution in [-0.4, -0.2) is 11.4 Å². The average molecular weight is 485 g/mol. The maximum atomic E-state index is 13.0. The Hall–Kier alpha value is -2.49. The first-order valence-corrected chi connectivity index (χ1v) is 10.8. The molecule has 9 heteroatoms. The number of hydrogen-bond donors (Lipinski definition) is 1. The van der Waals surface area contributed by atoms with Gasteiger partial charge in [0.1, 0.15) is 0 Å². The van der Waals surface area contributed by atoms with Gasteiger partial charge in [0.15, 0.2) is 0 Å². The minimum absolute atomic E-state index is 0.0770. The normalized spacial score (nSPS) is 12.4. The lowest BCUT2D eigenvalue weighted by molar-refractivity contribution is -0.143. The summed E-state index contributed by atoms with van der Waals surface area (Å²) in [6.45, 7) is 0.956. The Morgan fingerprint density at radius 2 is 1.24 bits per heavy atom. The van der Waals surface area contributed by atoms with E-state index in [4.69, 9.17) is 0 Å². The van der Waals surface area contributed by atoms with Crippen molar-refractivity contribution < 1.29 is 26.3 Å². The standard InChI is InChI=1S/C24H22F6N2S/c1-32(16-18-5-3-2-4-6-18)33-22-9-7-17(8-10-22)14-31-15-19-11-20(23(25,26)27)13-21(12-19)24(28,29)30/h2-13,31H,14-16H2,1H3. The highest BCUT2D eigenvalue weighted by atomic mass is 32.2. The summed E-state index contributed by atoms with van der Waals surface area (Å²) in [5.41, 5.74) is -0.637. The summed E-state index contributed by atoms with van der Waals surface area (Å²) in [4.78, 5) is 1.02. The molecule has 0 bridgehead atoms. The van der Waals surface area contributed by atoms with E-state index in [2.05, 4.69) is 9.62 Å². The van der Waals surface area contributed by atoms with Crippen LogP contribution in [0.4, 0.5) is 26.3 Å². The van der Waals surface area contributed by atoms with Gasteiger partial charge in [-0.05, 0) is 66.0 Å². The van der Waals surface area contributed by atoms with E-state index in [0.717, 1.165) is 29.1 Å². The van der Waals surface area contributed by atoms with Gasteiger partial charge in [0.25, 0.3) is 0 Å². The smallest absolute Gasteiger partial charge is 0.309 e. The van der Waals surface area contributed by atoms with E-state index in [0.29, 0.717) is 6.54 Å². The fourth-order valence-electron chi connectivity index (χ4n) is 3.19. The molecule has 0 amide bonds. The largest absolute Gasteiger partial charge is 0.416 e. The molecule has 176 valence electrons. The predicted octanol–water partition coefficient (Wildman–Crippen LogP) is 7.15. The van der Waals surface area contributed by atoms with Crippen LogP contribution in [0.25, 0.3) is 0 Å². The summed E-state index contributed by atoms with van der Waals surface area (Å²) in [6.07, 6.45) is -9.70. The van der Waals surface area contributed by atoms with Crippen LogP contribution in [0, 0.1) is 0 Å². The molecule has 0 atom stereocenters. The van der Waals surface area contributed by atoms with Gasteiger partial charge in [0.2, 0.25) is 0 Å². The minimum atomic E-state index is -4.85. The van der Waals surface area contributed by atoms with Crippen molar-refractivity contribution in [3.8, 4) is 0 Å². The molecule has 2 nitrogen and oxygen atoms in total. The Bertz CT molecular complexity index is 1000. The van der Waals surface area contributed by atoms with Crippen LogP contribution in [0.3, 0.4) is 0 Å². The van der Waals surface area contributed by atoms with Crippen molar-refractivity contribution in [3.63, 3.8) is 0 Å². The molecule has 0 aliphatic carbocycles. The van der Waals surface area contributed by atoms with Gasteiger partial charge in [0.05, 0.1) is 11.1 Å². The molecule has 0 saturated heterocycles. The van der Waals surface area contributed by atoms with Gasteiger partial charge in [-0.25, -0.2) is 4.31 Å². The second kappa shape index (κ2) is 10.6. The molecule has 1 N–H and O–H groups in total. The van der Waals surface area contributed by atoms with Crippen LogP contribution in [0.2, 0.25) is 0 Å². The summed E-state index contributed by atoms with van der Waals surface area (Å²) in [5, 5.41) is 2.92. The number of benzene rings is 3. The molecule has 3 aromatic carbocycles. The highest BCUT2D eigenvalue weighted by Crippen LogP contribution is 2.36. The van der Waals surface area contributed by atoms with Crippen LogP contribution in [0.5, 0.6) is 0 Å². The molecule has 3 rings (SSSR count). The number of halogens is 6. The third-order valence-corrected chi connectivity index (χ3v) is 5.66. The first-order chi connectivity index (χ1) is 15.5. The third-order valence-electron chi connectivity index (χ3n) is 4.74. The van der Waals surface area contributed by atoms with Crippen molar-refractivity contribution in [3.05, 3.63) is 101 Å². The van der Waals surface area contributed by atoms with Gasteiger partial charge in [-0.3, -0.25) is 0 Å². The molecule has 0 fully saturated rings. The van der Waals surface area contributed by atoms with Crippen LogP contribution in [-0.2, 0) is 32.0 Å². The van der Waals surface area contributed by atoms with Crippen molar-refractivity contribution in [2.75, 3.05) is 7.05 Å². The topological polar surface area (TPSA) is 15.3 Å². The highest BCUT2D eigenvalue weighted by molar-refractivity contribution is 7.97. The second-order valence-corrected chi connectivity index (χ2v) is 8.80. The number of nitrogens with one attached hydrogen (secondary N) is 1. The van der Waals surface area contributed by atoms with Gasteiger partial charge >= 0.3 is 12.4 Å². The maximum absolute atomic E-state index is 13.0. The van der Waals surface area contributed by atoms with Gasteiger partial charge < -0.3 is 5.32 Å². The summed E-state index contributed by atoms with van der Waals surface area (Å²) < 4.78 is 80.0. The van der Waals surface area contributed by atoms with Crippen molar-refractivity contribution in [1.29, 1.82) is 0 Å². The van der Waals surface area contributed by atoms with E-state index in [-0.39, 0.29) is 18.2 Å². The molecular formula is C24H22F6N2S. The summed E-state index contributed by atoms with van der Waals surface area (Å²) >= 11 is 1.58. The molecule has 3 aromatic rings. The Morgan fingerprint density at radius 1 is 0.697 bits per heavy atom. The van der Waals surface area contributed by atoms with Crippen LogP contribution >= 0.6 is 11.9 Å². The minimum Gasteiger partial charge on any atom is -0.309 e. The molecular weight excluding hydrogens is 462 g/mol. The number of nitrogens with zero attached hydrogens (tertiary/aromatic N) is 1. The lowest BCUT2D eigenvalue weighted by Gasteiger charge is -2.16. The molecule has 0 heterocycles. The van der Waals surface area contributed by atoms with Gasteiger partial charge in [0, 0.05) is 24.5 Å². The fourth-order valence-corrected chi connectivity index (χ4v) is 4.02. The number of hydrogen-bond acceptors (Lipinski definition) is 3. The van der Waals surface area contributed by atoms with E-state index in [1.165, 1.54) is 5.56 Å².